The van der Waals surface area contributed by atoms with Gasteiger partial charge in [-0.2, -0.15) is 0 Å². The Morgan fingerprint density at radius 1 is 1.17 bits per heavy atom. The molecule has 0 saturated carbocycles. The monoisotopic (exact) mass is 323 g/mol. The lowest BCUT2D eigenvalue weighted by molar-refractivity contribution is -0.132. The van der Waals surface area contributed by atoms with E-state index in [0.29, 0.717) is 25.1 Å². The average molecular weight is 323 g/mol. The van der Waals surface area contributed by atoms with Crippen molar-refractivity contribution in [1.29, 1.82) is 0 Å². The molecular weight excluding hydrogens is 302 g/mol. The zero-order valence-electron chi connectivity index (χ0n) is 14.0. The fraction of sp³-hybridized carbons (Fsp3) is 0.250. The van der Waals surface area contributed by atoms with Crippen molar-refractivity contribution in [2.24, 2.45) is 0 Å². The molecular formula is C20H21NO3. The SMILES string of the molecule is CCOc1ccc(-c2ccc3c(c2)C=C(C(=O)O)CCN3C)cc1. The van der Waals surface area contributed by atoms with Gasteiger partial charge in [0.15, 0.2) is 0 Å². The molecule has 0 spiro atoms. The van der Waals surface area contributed by atoms with E-state index in [1.807, 2.05) is 38.2 Å². The zero-order chi connectivity index (χ0) is 17.1. The Morgan fingerprint density at radius 2 is 1.88 bits per heavy atom. The Hall–Kier alpha value is -2.75. The maximum atomic E-state index is 11.4. The first-order valence-corrected chi connectivity index (χ1v) is 8.10. The average Bonchev–Trinajstić information content (AvgIpc) is 2.75. The molecule has 0 radical (unpaired) electrons. The molecule has 3 rings (SSSR count). The first kappa shape index (κ1) is 16.1. The van der Waals surface area contributed by atoms with Crippen molar-refractivity contribution in [3.05, 3.63) is 53.6 Å². The Labute approximate surface area is 142 Å². The molecule has 4 heteroatoms. The normalized spacial score (nSPS) is 13.8. The fourth-order valence-electron chi connectivity index (χ4n) is 2.94. The summed E-state index contributed by atoms with van der Waals surface area (Å²) in [4.78, 5) is 13.5. The molecule has 0 saturated heterocycles. The van der Waals surface area contributed by atoms with E-state index in [-0.39, 0.29) is 0 Å². The van der Waals surface area contributed by atoms with E-state index in [9.17, 15) is 9.90 Å². The second kappa shape index (κ2) is 6.79. The van der Waals surface area contributed by atoms with Crippen LogP contribution in [0, 0.1) is 0 Å². The van der Waals surface area contributed by atoms with Gasteiger partial charge in [-0.1, -0.05) is 18.2 Å². The molecule has 0 unspecified atom stereocenters. The Kier molecular flexibility index (Phi) is 4.56. The standard InChI is InChI=1S/C20H21NO3/c1-3-24-18-7-4-14(5-8-18)15-6-9-19-17(12-15)13-16(20(22)23)10-11-21(19)2/h4-9,12-13H,3,10-11H2,1-2H3,(H,22,23). The van der Waals surface area contributed by atoms with Gasteiger partial charge in [-0.05, 0) is 60.4 Å². The van der Waals surface area contributed by atoms with E-state index in [1.165, 1.54) is 0 Å². The van der Waals surface area contributed by atoms with E-state index >= 15 is 0 Å². The van der Waals surface area contributed by atoms with Crippen LogP contribution in [0.25, 0.3) is 17.2 Å². The zero-order valence-corrected chi connectivity index (χ0v) is 14.0. The molecule has 0 aliphatic carbocycles. The first-order chi connectivity index (χ1) is 11.6. The minimum atomic E-state index is -0.845. The van der Waals surface area contributed by atoms with Gasteiger partial charge in [0.1, 0.15) is 5.75 Å². The summed E-state index contributed by atoms with van der Waals surface area (Å²) >= 11 is 0. The second-order valence-corrected chi connectivity index (χ2v) is 5.88. The summed E-state index contributed by atoms with van der Waals surface area (Å²) in [6.45, 7) is 3.31. The van der Waals surface area contributed by atoms with Gasteiger partial charge in [0.2, 0.25) is 0 Å². The van der Waals surface area contributed by atoms with Crippen molar-refractivity contribution in [3.63, 3.8) is 0 Å². The van der Waals surface area contributed by atoms with Crippen LogP contribution in [0.5, 0.6) is 5.75 Å². The summed E-state index contributed by atoms with van der Waals surface area (Å²) in [6, 6.07) is 14.1. The van der Waals surface area contributed by atoms with E-state index in [2.05, 4.69) is 23.1 Å². The van der Waals surface area contributed by atoms with Gasteiger partial charge in [-0.25, -0.2) is 4.79 Å². The fourth-order valence-corrected chi connectivity index (χ4v) is 2.94. The van der Waals surface area contributed by atoms with E-state index in [0.717, 1.165) is 28.1 Å². The van der Waals surface area contributed by atoms with Gasteiger partial charge in [-0.3, -0.25) is 0 Å². The Morgan fingerprint density at radius 3 is 2.54 bits per heavy atom. The maximum Gasteiger partial charge on any atom is 0.331 e. The van der Waals surface area contributed by atoms with Gasteiger partial charge in [-0.15, -0.1) is 0 Å². The van der Waals surface area contributed by atoms with Crippen molar-refractivity contribution in [1.82, 2.24) is 0 Å². The number of carbonyl (C=O) groups is 1. The molecule has 4 nitrogen and oxygen atoms in total. The number of aliphatic carboxylic acids is 1. The van der Waals surface area contributed by atoms with Gasteiger partial charge in [0.25, 0.3) is 0 Å². The van der Waals surface area contributed by atoms with Crippen LogP contribution in [0.3, 0.4) is 0 Å². The molecule has 0 aromatic heterocycles. The van der Waals surface area contributed by atoms with E-state index in [4.69, 9.17) is 4.74 Å². The van der Waals surface area contributed by atoms with Crippen LogP contribution in [0.15, 0.2) is 48.0 Å². The van der Waals surface area contributed by atoms with Crippen LogP contribution >= 0.6 is 0 Å². The third kappa shape index (κ3) is 3.27. The van der Waals surface area contributed by atoms with Crippen molar-refractivity contribution >= 4 is 17.7 Å². The summed E-state index contributed by atoms with van der Waals surface area (Å²) in [5.41, 5.74) is 4.59. The quantitative estimate of drug-likeness (QED) is 0.922. The molecule has 0 bridgehead atoms. The lowest BCUT2D eigenvalue weighted by atomic mass is 10.0. The molecule has 1 heterocycles. The highest BCUT2D eigenvalue weighted by Gasteiger charge is 2.17. The molecule has 2 aromatic carbocycles. The minimum Gasteiger partial charge on any atom is -0.494 e. The second-order valence-electron chi connectivity index (χ2n) is 5.88. The van der Waals surface area contributed by atoms with Gasteiger partial charge in [0.05, 0.1) is 6.61 Å². The van der Waals surface area contributed by atoms with Crippen LogP contribution < -0.4 is 9.64 Å². The first-order valence-electron chi connectivity index (χ1n) is 8.10. The predicted molar refractivity (Wildman–Crippen MR) is 96.5 cm³/mol. The van der Waals surface area contributed by atoms with Crippen molar-refractivity contribution in [2.45, 2.75) is 13.3 Å². The number of carboxylic acid groups (broad SMARTS) is 1. The summed E-state index contributed by atoms with van der Waals surface area (Å²) in [5, 5.41) is 9.34. The number of hydrogen-bond acceptors (Lipinski definition) is 3. The minimum absolute atomic E-state index is 0.449. The van der Waals surface area contributed by atoms with Crippen molar-refractivity contribution < 1.29 is 14.6 Å². The molecule has 1 aliphatic rings. The predicted octanol–water partition coefficient (Wildman–Crippen LogP) is 4.06. The molecule has 0 atom stereocenters. The highest BCUT2D eigenvalue weighted by atomic mass is 16.5. The lowest BCUT2D eigenvalue weighted by Crippen LogP contribution is -2.19. The summed E-state index contributed by atoms with van der Waals surface area (Å²) in [6.07, 6.45) is 2.33. The maximum absolute atomic E-state index is 11.4. The smallest absolute Gasteiger partial charge is 0.331 e. The summed E-state index contributed by atoms with van der Waals surface area (Å²) < 4.78 is 5.48. The van der Waals surface area contributed by atoms with Gasteiger partial charge in [0, 0.05) is 24.9 Å². The number of ether oxygens (including phenoxy) is 1. The number of nitrogens with zero attached hydrogens (tertiary/aromatic N) is 1. The largest absolute Gasteiger partial charge is 0.494 e. The number of fused-ring (bicyclic) bond motifs is 1. The number of rotatable bonds is 4. The number of hydrogen-bond donors (Lipinski definition) is 1. The molecule has 1 N–H and O–H groups in total. The Bertz CT molecular complexity index is 778. The van der Waals surface area contributed by atoms with Crippen LogP contribution in [-0.2, 0) is 4.79 Å². The van der Waals surface area contributed by atoms with Crippen LogP contribution in [-0.4, -0.2) is 31.3 Å². The van der Waals surface area contributed by atoms with Crippen molar-refractivity contribution in [3.8, 4) is 16.9 Å². The van der Waals surface area contributed by atoms with Crippen LogP contribution in [0.2, 0.25) is 0 Å². The van der Waals surface area contributed by atoms with Gasteiger partial charge < -0.3 is 14.7 Å². The number of carboxylic acids is 1. The Balaban J connectivity index is 2.00. The molecule has 1 aliphatic heterocycles. The lowest BCUT2D eigenvalue weighted by Gasteiger charge is -2.19. The van der Waals surface area contributed by atoms with E-state index < -0.39 is 5.97 Å². The third-order valence-corrected chi connectivity index (χ3v) is 4.26. The van der Waals surface area contributed by atoms with Crippen LogP contribution in [0.4, 0.5) is 5.69 Å². The topological polar surface area (TPSA) is 49.8 Å². The summed E-state index contributed by atoms with van der Waals surface area (Å²) in [7, 11) is 1.99. The summed E-state index contributed by atoms with van der Waals surface area (Å²) in [5.74, 6) is 0.00604. The highest BCUT2D eigenvalue weighted by Crippen LogP contribution is 2.32. The molecule has 0 amide bonds. The highest BCUT2D eigenvalue weighted by molar-refractivity contribution is 5.94. The molecule has 2 aromatic rings. The number of benzene rings is 2. The van der Waals surface area contributed by atoms with Gasteiger partial charge >= 0.3 is 5.97 Å². The molecule has 124 valence electrons. The molecule has 0 fully saturated rings. The number of anilines is 1. The molecule has 24 heavy (non-hydrogen) atoms. The van der Waals surface area contributed by atoms with Crippen LogP contribution in [0.1, 0.15) is 18.9 Å². The van der Waals surface area contributed by atoms with Crippen molar-refractivity contribution in [2.75, 3.05) is 25.1 Å². The third-order valence-electron chi connectivity index (χ3n) is 4.26. The van der Waals surface area contributed by atoms with E-state index in [1.54, 1.807) is 6.08 Å².